The molecule has 0 radical (unpaired) electrons. The summed E-state index contributed by atoms with van der Waals surface area (Å²) in [5.41, 5.74) is 9.30. The summed E-state index contributed by atoms with van der Waals surface area (Å²) in [6, 6.07) is 12.8. The molecule has 2 aromatic rings. The molecule has 0 fully saturated rings. The molecule has 2 N–H and O–H groups in total. The quantitative estimate of drug-likeness (QED) is 0.875. The highest BCUT2D eigenvalue weighted by molar-refractivity contribution is 9.10. The SMILES string of the molecule is CCCc1cccc(C(N)c2cccc(F)c2Br)c1. The Balaban J connectivity index is 2.35. The zero-order valence-electron chi connectivity index (χ0n) is 10.9. The van der Waals surface area contributed by atoms with Gasteiger partial charge in [0, 0.05) is 0 Å². The summed E-state index contributed by atoms with van der Waals surface area (Å²) in [7, 11) is 0. The van der Waals surface area contributed by atoms with E-state index in [1.54, 1.807) is 6.07 Å². The molecule has 2 rings (SSSR count). The second kappa shape index (κ2) is 6.31. The van der Waals surface area contributed by atoms with Crippen molar-refractivity contribution in [2.45, 2.75) is 25.8 Å². The Hall–Kier alpha value is -1.19. The van der Waals surface area contributed by atoms with E-state index in [2.05, 4.69) is 35.0 Å². The maximum Gasteiger partial charge on any atom is 0.137 e. The molecule has 0 heterocycles. The maximum atomic E-state index is 13.6. The van der Waals surface area contributed by atoms with Gasteiger partial charge in [-0.2, -0.15) is 0 Å². The zero-order valence-corrected chi connectivity index (χ0v) is 12.5. The van der Waals surface area contributed by atoms with Gasteiger partial charge >= 0.3 is 0 Å². The third-order valence-corrected chi connectivity index (χ3v) is 4.00. The van der Waals surface area contributed by atoms with E-state index in [9.17, 15) is 4.39 Å². The van der Waals surface area contributed by atoms with E-state index in [4.69, 9.17) is 5.73 Å². The minimum atomic E-state index is -0.318. The minimum Gasteiger partial charge on any atom is -0.320 e. The second-order valence-corrected chi connectivity index (χ2v) is 5.41. The van der Waals surface area contributed by atoms with Crippen LogP contribution in [0.15, 0.2) is 46.9 Å². The molecule has 100 valence electrons. The first-order valence-electron chi connectivity index (χ1n) is 6.41. The number of nitrogens with two attached hydrogens (primary N) is 1. The molecule has 3 heteroatoms. The van der Waals surface area contributed by atoms with Crippen LogP contribution in [0.5, 0.6) is 0 Å². The lowest BCUT2D eigenvalue weighted by Gasteiger charge is -2.15. The van der Waals surface area contributed by atoms with Crippen LogP contribution < -0.4 is 5.73 Å². The summed E-state index contributed by atoms with van der Waals surface area (Å²) in [4.78, 5) is 0. The molecule has 0 saturated heterocycles. The third kappa shape index (κ3) is 3.23. The van der Waals surface area contributed by atoms with Gasteiger partial charge in [0.05, 0.1) is 10.5 Å². The van der Waals surface area contributed by atoms with Crippen LogP contribution in [0.25, 0.3) is 0 Å². The standard InChI is InChI=1S/C16H17BrFN/c1-2-5-11-6-3-7-12(10-11)16(19)13-8-4-9-14(18)15(13)17/h3-4,6-10,16H,2,5,19H2,1H3. The number of halogens is 2. The highest BCUT2D eigenvalue weighted by atomic mass is 79.9. The molecule has 0 amide bonds. The molecular formula is C16H17BrFN. The summed E-state index contributed by atoms with van der Waals surface area (Å²) >= 11 is 3.27. The van der Waals surface area contributed by atoms with E-state index < -0.39 is 0 Å². The summed E-state index contributed by atoms with van der Waals surface area (Å²) in [5.74, 6) is -0.280. The van der Waals surface area contributed by atoms with Crippen LogP contribution in [0, 0.1) is 5.82 Å². The lowest BCUT2D eigenvalue weighted by Crippen LogP contribution is -2.13. The first-order chi connectivity index (χ1) is 9.13. The molecule has 2 aromatic carbocycles. The number of hydrogen-bond donors (Lipinski definition) is 1. The number of benzene rings is 2. The first-order valence-corrected chi connectivity index (χ1v) is 7.21. The summed E-state index contributed by atoms with van der Waals surface area (Å²) in [6.45, 7) is 2.15. The first kappa shape index (κ1) is 14.2. The molecule has 0 aliphatic carbocycles. The van der Waals surface area contributed by atoms with Crippen molar-refractivity contribution in [2.24, 2.45) is 5.73 Å². The Kier molecular flexibility index (Phi) is 4.72. The predicted octanol–water partition coefficient (Wildman–Crippen LogP) is 4.59. The maximum absolute atomic E-state index is 13.6. The molecular weight excluding hydrogens is 305 g/mol. The van der Waals surface area contributed by atoms with Crippen LogP contribution in [0.4, 0.5) is 4.39 Å². The fourth-order valence-corrected chi connectivity index (χ4v) is 2.68. The van der Waals surface area contributed by atoms with Crippen molar-refractivity contribution < 1.29 is 4.39 Å². The van der Waals surface area contributed by atoms with E-state index >= 15 is 0 Å². The molecule has 1 atom stereocenters. The molecule has 0 bridgehead atoms. The van der Waals surface area contributed by atoms with Crippen LogP contribution in [0.3, 0.4) is 0 Å². The normalized spacial score (nSPS) is 12.4. The Labute approximate surface area is 121 Å². The van der Waals surface area contributed by atoms with Gasteiger partial charge in [0.1, 0.15) is 5.82 Å². The average Bonchev–Trinajstić information content (AvgIpc) is 2.42. The summed E-state index contributed by atoms with van der Waals surface area (Å²) in [5, 5.41) is 0. The second-order valence-electron chi connectivity index (χ2n) is 4.62. The van der Waals surface area contributed by atoms with Gasteiger partial charge in [0.15, 0.2) is 0 Å². The Bertz CT molecular complexity index is 568. The van der Waals surface area contributed by atoms with Crippen molar-refractivity contribution in [3.8, 4) is 0 Å². The van der Waals surface area contributed by atoms with Gasteiger partial charge in [0.25, 0.3) is 0 Å². The smallest absolute Gasteiger partial charge is 0.137 e. The fraction of sp³-hybridized carbons (Fsp3) is 0.250. The van der Waals surface area contributed by atoms with Crippen molar-refractivity contribution in [3.63, 3.8) is 0 Å². The lowest BCUT2D eigenvalue weighted by atomic mass is 9.97. The minimum absolute atomic E-state index is 0.280. The largest absolute Gasteiger partial charge is 0.320 e. The van der Waals surface area contributed by atoms with Crippen LogP contribution in [-0.2, 0) is 6.42 Å². The molecule has 19 heavy (non-hydrogen) atoms. The fourth-order valence-electron chi connectivity index (χ4n) is 2.17. The number of hydrogen-bond acceptors (Lipinski definition) is 1. The monoisotopic (exact) mass is 321 g/mol. The Morgan fingerprint density at radius 3 is 2.68 bits per heavy atom. The van der Waals surface area contributed by atoms with Crippen molar-refractivity contribution >= 4 is 15.9 Å². The highest BCUT2D eigenvalue weighted by Crippen LogP contribution is 2.29. The Morgan fingerprint density at radius 2 is 1.95 bits per heavy atom. The van der Waals surface area contributed by atoms with Crippen molar-refractivity contribution in [1.29, 1.82) is 0 Å². The Morgan fingerprint density at radius 1 is 1.21 bits per heavy atom. The molecule has 0 aliphatic rings. The van der Waals surface area contributed by atoms with E-state index in [0.29, 0.717) is 4.47 Å². The van der Waals surface area contributed by atoms with Gasteiger partial charge in [-0.3, -0.25) is 0 Å². The number of aryl methyl sites for hydroxylation is 1. The van der Waals surface area contributed by atoms with Crippen LogP contribution in [0.2, 0.25) is 0 Å². The molecule has 0 aliphatic heterocycles. The predicted molar refractivity (Wildman–Crippen MR) is 80.6 cm³/mol. The van der Waals surface area contributed by atoms with Gasteiger partial charge in [-0.05, 0) is 45.1 Å². The van der Waals surface area contributed by atoms with Crippen molar-refractivity contribution in [2.75, 3.05) is 0 Å². The van der Waals surface area contributed by atoms with Gasteiger partial charge < -0.3 is 5.73 Å². The molecule has 0 spiro atoms. The summed E-state index contributed by atoms with van der Waals surface area (Å²) in [6.07, 6.45) is 2.13. The van der Waals surface area contributed by atoms with Gasteiger partial charge in [-0.15, -0.1) is 0 Å². The van der Waals surface area contributed by atoms with Gasteiger partial charge in [0.2, 0.25) is 0 Å². The highest BCUT2D eigenvalue weighted by Gasteiger charge is 2.14. The van der Waals surface area contributed by atoms with Gasteiger partial charge in [-0.1, -0.05) is 49.7 Å². The van der Waals surface area contributed by atoms with E-state index in [0.717, 1.165) is 24.0 Å². The van der Waals surface area contributed by atoms with Crippen molar-refractivity contribution in [3.05, 3.63) is 69.4 Å². The van der Waals surface area contributed by atoms with Crippen molar-refractivity contribution in [1.82, 2.24) is 0 Å². The van der Waals surface area contributed by atoms with Crippen LogP contribution in [-0.4, -0.2) is 0 Å². The molecule has 0 aromatic heterocycles. The van der Waals surface area contributed by atoms with E-state index in [-0.39, 0.29) is 11.9 Å². The molecule has 0 saturated carbocycles. The van der Waals surface area contributed by atoms with E-state index in [1.807, 2.05) is 18.2 Å². The third-order valence-electron chi connectivity index (χ3n) is 3.17. The van der Waals surface area contributed by atoms with Crippen LogP contribution in [0.1, 0.15) is 36.1 Å². The zero-order chi connectivity index (χ0) is 13.8. The average molecular weight is 322 g/mol. The topological polar surface area (TPSA) is 26.0 Å². The molecule has 1 unspecified atom stereocenters. The molecule has 1 nitrogen and oxygen atoms in total. The van der Waals surface area contributed by atoms with E-state index in [1.165, 1.54) is 11.6 Å². The van der Waals surface area contributed by atoms with Gasteiger partial charge in [-0.25, -0.2) is 4.39 Å². The van der Waals surface area contributed by atoms with Crippen LogP contribution >= 0.6 is 15.9 Å². The summed E-state index contributed by atoms with van der Waals surface area (Å²) < 4.78 is 14.0. The lowest BCUT2D eigenvalue weighted by molar-refractivity contribution is 0.616. The number of rotatable bonds is 4.